The van der Waals surface area contributed by atoms with Crippen LogP contribution in [0.25, 0.3) is 0 Å². The molecule has 0 radical (unpaired) electrons. The number of hydrogen-bond acceptors (Lipinski definition) is 2. The van der Waals surface area contributed by atoms with Gasteiger partial charge in [-0.25, -0.2) is 4.79 Å². The van der Waals surface area contributed by atoms with Gasteiger partial charge in [0.2, 0.25) is 0 Å². The van der Waals surface area contributed by atoms with Gasteiger partial charge in [-0.1, -0.05) is 6.58 Å². The average molecular weight is 168 g/mol. The van der Waals surface area contributed by atoms with E-state index in [1.807, 2.05) is 0 Å². The van der Waals surface area contributed by atoms with Crippen molar-refractivity contribution in [2.75, 3.05) is 0 Å². The first-order valence-corrected chi connectivity index (χ1v) is 2.61. The Labute approximate surface area is 86.2 Å². The molecule has 0 aliphatic heterocycles. The van der Waals surface area contributed by atoms with Crippen LogP contribution in [0.15, 0.2) is 12.2 Å². The standard InChI is InChI=1S/C6H8O4.Na.H/c1-3(5(7)8)4(2)6(9)10;;/h4H,1H2,2H3,(H,7,8)(H,9,10);;. The number of rotatable bonds is 3. The van der Waals surface area contributed by atoms with E-state index in [0.717, 1.165) is 0 Å². The summed E-state index contributed by atoms with van der Waals surface area (Å²) in [5.41, 5.74) is -0.299. The SMILES string of the molecule is C=C(C(=O)O)C(C)C(=O)O.[NaH]. The van der Waals surface area contributed by atoms with Gasteiger partial charge in [-0.2, -0.15) is 0 Å². The van der Waals surface area contributed by atoms with Gasteiger partial charge >= 0.3 is 41.5 Å². The monoisotopic (exact) mass is 168 g/mol. The van der Waals surface area contributed by atoms with Crippen LogP contribution in [0.1, 0.15) is 6.92 Å². The summed E-state index contributed by atoms with van der Waals surface area (Å²) in [5, 5.41) is 16.5. The first-order chi connectivity index (χ1) is 4.46. The van der Waals surface area contributed by atoms with Crippen LogP contribution in [0.2, 0.25) is 0 Å². The van der Waals surface area contributed by atoms with Crippen molar-refractivity contribution in [2.45, 2.75) is 6.92 Å². The van der Waals surface area contributed by atoms with Crippen LogP contribution < -0.4 is 0 Å². The second-order valence-electron chi connectivity index (χ2n) is 1.89. The van der Waals surface area contributed by atoms with Crippen molar-refractivity contribution in [2.24, 2.45) is 5.92 Å². The first-order valence-electron chi connectivity index (χ1n) is 2.61. The zero-order valence-electron chi connectivity index (χ0n) is 5.50. The van der Waals surface area contributed by atoms with Crippen LogP contribution in [0.3, 0.4) is 0 Å². The van der Waals surface area contributed by atoms with Gasteiger partial charge in [-0.15, -0.1) is 0 Å². The zero-order chi connectivity index (χ0) is 8.31. The van der Waals surface area contributed by atoms with Crippen LogP contribution in [-0.2, 0) is 9.59 Å². The minimum atomic E-state index is -1.27. The van der Waals surface area contributed by atoms with Gasteiger partial charge in [-0.05, 0) is 6.92 Å². The van der Waals surface area contributed by atoms with E-state index in [2.05, 4.69) is 6.58 Å². The molecule has 0 saturated heterocycles. The molecule has 11 heavy (non-hydrogen) atoms. The Hall–Kier alpha value is -0.320. The van der Waals surface area contributed by atoms with E-state index in [1.54, 1.807) is 0 Å². The van der Waals surface area contributed by atoms with Crippen LogP contribution in [0.5, 0.6) is 0 Å². The van der Waals surface area contributed by atoms with Crippen molar-refractivity contribution in [3.05, 3.63) is 12.2 Å². The zero-order valence-corrected chi connectivity index (χ0v) is 5.50. The van der Waals surface area contributed by atoms with Crippen LogP contribution >= 0.6 is 0 Å². The number of carboxylic acids is 2. The Morgan fingerprint density at radius 1 is 1.36 bits per heavy atom. The van der Waals surface area contributed by atoms with Crippen molar-refractivity contribution in [3.8, 4) is 0 Å². The van der Waals surface area contributed by atoms with Crippen molar-refractivity contribution in [3.63, 3.8) is 0 Å². The molecule has 0 aromatic carbocycles. The molecular weight excluding hydrogens is 159 g/mol. The van der Waals surface area contributed by atoms with E-state index < -0.39 is 17.9 Å². The molecule has 0 aliphatic carbocycles. The molecule has 0 amide bonds. The van der Waals surface area contributed by atoms with Crippen molar-refractivity contribution < 1.29 is 19.8 Å². The molecule has 0 spiro atoms. The molecule has 0 saturated carbocycles. The molecular formula is C6H9NaO4. The van der Waals surface area contributed by atoms with E-state index in [0.29, 0.717) is 0 Å². The third-order valence-electron chi connectivity index (χ3n) is 1.17. The average Bonchev–Trinajstić information content (AvgIpc) is 1.84. The van der Waals surface area contributed by atoms with E-state index in [1.165, 1.54) is 6.92 Å². The Balaban J connectivity index is 0. The molecule has 0 rings (SSSR count). The van der Waals surface area contributed by atoms with Gasteiger partial charge in [0.1, 0.15) is 0 Å². The Kier molecular flexibility index (Phi) is 6.46. The first kappa shape index (κ1) is 13.3. The molecule has 0 bridgehead atoms. The molecule has 1 atom stereocenters. The molecule has 58 valence electrons. The fourth-order valence-electron chi connectivity index (χ4n) is 0.334. The summed E-state index contributed by atoms with van der Waals surface area (Å²) in [6.07, 6.45) is 0. The molecule has 1 unspecified atom stereocenters. The predicted molar refractivity (Wildman–Crippen MR) is 40.7 cm³/mol. The molecule has 0 fully saturated rings. The van der Waals surface area contributed by atoms with E-state index in [-0.39, 0.29) is 35.1 Å². The Morgan fingerprint density at radius 3 is 1.82 bits per heavy atom. The van der Waals surface area contributed by atoms with Crippen molar-refractivity contribution in [1.82, 2.24) is 0 Å². The van der Waals surface area contributed by atoms with Crippen LogP contribution in [0.4, 0.5) is 0 Å². The summed E-state index contributed by atoms with van der Waals surface area (Å²) in [5.74, 6) is -3.46. The van der Waals surface area contributed by atoms with E-state index in [9.17, 15) is 9.59 Å². The molecule has 0 aromatic rings. The normalized spacial score (nSPS) is 11.0. The number of hydrogen-bond donors (Lipinski definition) is 2. The maximum absolute atomic E-state index is 10.1. The van der Waals surface area contributed by atoms with Gasteiger partial charge in [-0.3, -0.25) is 4.79 Å². The molecule has 0 aliphatic rings. The van der Waals surface area contributed by atoms with Crippen molar-refractivity contribution >= 4 is 41.5 Å². The van der Waals surface area contributed by atoms with E-state index >= 15 is 0 Å². The summed E-state index contributed by atoms with van der Waals surface area (Å²) in [7, 11) is 0. The van der Waals surface area contributed by atoms with Gasteiger partial charge in [0.25, 0.3) is 0 Å². The van der Waals surface area contributed by atoms with Crippen LogP contribution in [0, 0.1) is 5.92 Å². The van der Waals surface area contributed by atoms with Gasteiger partial charge in [0.15, 0.2) is 0 Å². The van der Waals surface area contributed by atoms with Gasteiger partial charge in [0.05, 0.1) is 5.92 Å². The predicted octanol–water partition coefficient (Wildman–Crippen LogP) is -0.301. The number of carboxylic acid groups (broad SMARTS) is 2. The third kappa shape index (κ3) is 4.19. The summed E-state index contributed by atoms with van der Waals surface area (Å²) in [4.78, 5) is 20.2. The molecule has 0 aromatic heterocycles. The van der Waals surface area contributed by atoms with Crippen LogP contribution in [-0.4, -0.2) is 51.7 Å². The fourth-order valence-corrected chi connectivity index (χ4v) is 0.334. The summed E-state index contributed by atoms with van der Waals surface area (Å²) in [6, 6.07) is 0. The molecule has 4 nitrogen and oxygen atoms in total. The topological polar surface area (TPSA) is 74.6 Å². The third-order valence-corrected chi connectivity index (χ3v) is 1.17. The maximum atomic E-state index is 10.1. The second-order valence-corrected chi connectivity index (χ2v) is 1.89. The van der Waals surface area contributed by atoms with Gasteiger partial charge < -0.3 is 10.2 Å². The minimum absolute atomic E-state index is 0. The number of aliphatic carboxylic acids is 2. The fraction of sp³-hybridized carbons (Fsp3) is 0.333. The summed E-state index contributed by atoms with van der Waals surface area (Å²) >= 11 is 0. The molecule has 2 N–H and O–H groups in total. The second kappa shape index (κ2) is 5.35. The quantitative estimate of drug-likeness (QED) is 0.448. The summed E-state index contributed by atoms with van der Waals surface area (Å²) in [6.45, 7) is 4.37. The van der Waals surface area contributed by atoms with E-state index in [4.69, 9.17) is 10.2 Å². The Morgan fingerprint density at radius 2 is 1.73 bits per heavy atom. The van der Waals surface area contributed by atoms with Gasteiger partial charge in [0, 0.05) is 5.57 Å². The van der Waals surface area contributed by atoms with Crippen molar-refractivity contribution in [1.29, 1.82) is 0 Å². The summed E-state index contributed by atoms with van der Waals surface area (Å²) < 4.78 is 0. The molecule has 0 heterocycles. The molecule has 5 heteroatoms. The number of carbonyl (C=O) groups is 2. The Bertz CT molecular complexity index is 187.